The van der Waals surface area contributed by atoms with Crippen LogP contribution in [-0.4, -0.2) is 16.0 Å². The van der Waals surface area contributed by atoms with Crippen LogP contribution in [0.25, 0.3) is 11.4 Å². The summed E-state index contributed by atoms with van der Waals surface area (Å²) in [7, 11) is 0. The highest BCUT2D eigenvalue weighted by atomic mass is 16.5. The zero-order valence-electron chi connectivity index (χ0n) is 17.1. The fourth-order valence-corrected chi connectivity index (χ4v) is 2.96. The van der Waals surface area contributed by atoms with Crippen LogP contribution in [0.3, 0.4) is 0 Å². The number of nitrogens with one attached hydrogen (secondary N) is 1. The topological polar surface area (TPSA) is 98.2 Å². The van der Waals surface area contributed by atoms with Crippen LogP contribution >= 0.6 is 0 Å². The Kier molecular flexibility index (Phi) is 6.26. The Balaban J connectivity index is 1.65. The van der Waals surface area contributed by atoms with E-state index in [4.69, 9.17) is 8.94 Å². The maximum absolute atomic E-state index is 12.5. The Morgan fingerprint density at radius 1 is 1.17 bits per heavy atom. The standard InChI is InChI=1S/C22H25N3O4/c1-13(2)5-10-18-11-14(3)19(22(27)28-18)21(26)23-12-16-6-8-17(9-7-16)20-24-15(4)29-25-20/h6-9,11,13H,5,10,12H2,1-4H3,(H,23,26). The van der Waals surface area contributed by atoms with Gasteiger partial charge in [0.15, 0.2) is 0 Å². The monoisotopic (exact) mass is 395 g/mol. The van der Waals surface area contributed by atoms with Crippen molar-refractivity contribution in [1.29, 1.82) is 0 Å². The molecule has 1 aromatic carbocycles. The molecule has 0 aliphatic heterocycles. The summed E-state index contributed by atoms with van der Waals surface area (Å²) in [6.07, 6.45) is 1.61. The Hall–Kier alpha value is -3.22. The normalized spacial score (nSPS) is 11.1. The number of rotatable bonds is 7. The predicted octanol–water partition coefficient (Wildman–Crippen LogP) is 3.83. The summed E-state index contributed by atoms with van der Waals surface area (Å²) in [5.41, 5.74) is 1.80. The van der Waals surface area contributed by atoms with E-state index in [0.29, 0.717) is 41.9 Å². The largest absolute Gasteiger partial charge is 0.427 e. The van der Waals surface area contributed by atoms with Crippen LogP contribution in [0.4, 0.5) is 0 Å². The first-order chi connectivity index (χ1) is 13.8. The van der Waals surface area contributed by atoms with Crippen molar-refractivity contribution in [3.8, 4) is 11.4 Å². The summed E-state index contributed by atoms with van der Waals surface area (Å²) in [5, 5.41) is 6.66. The first-order valence-corrected chi connectivity index (χ1v) is 9.65. The second kappa shape index (κ2) is 8.86. The number of aromatic nitrogens is 2. The van der Waals surface area contributed by atoms with Crippen molar-refractivity contribution in [2.24, 2.45) is 5.92 Å². The molecule has 7 nitrogen and oxygen atoms in total. The molecule has 29 heavy (non-hydrogen) atoms. The van der Waals surface area contributed by atoms with Crippen molar-refractivity contribution in [1.82, 2.24) is 15.5 Å². The molecule has 152 valence electrons. The average molecular weight is 395 g/mol. The van der Waals surface area contributed by atoms with E-state index >= 15 is 0 Å². The lowest BCUT2D eigenvalue weighted by Gasteiger charge is -2.09. The highest BCUT2D eigenvalue weighted by molar-refractivity contribution is 5.95. The third kappa shape index (κ3) is 5.19. The van der Waals surface area contributed by atoms with Gasteiger partial charge in [0.05, 0.1) is 0 Å². The number of hydrogen-bond donors (Lipinski definition) is 1. The van der Waals surface area contributed by atoms with Crippen molar-refractivity contribution < 1.29 is 13.7 Å². The van der Waals surface area contributed by atoms with Crippen molar-refractivity contribution in [3.63, 3.8) is 0 Å². The Labute approximate surface area is 169 Å². The van der Waals surface area contributed by atoms with E-state index in [0.717, 1.165) is 17.5 Å². The molecule has 1 N–H and O–H groups in total. The Bertz CT molecular complexity index is 1050. The van der Waals surface area contributed by atoms with E-state index < -0.39 is 11.5 Å². The van der Waals surface area contributed by atoms with Crippen LogP contribution in [0.5, 0.6) is 0 Å². The molecular formula is C22H25N3O4. The zero-order chi connectivity index (χ0) is 21.0. The van der Waals surface area contributed by atoms with Crippen LogP contribution in [0.1, 0.15) is 53.4 Å². The van der Waals surface area contributed by atoms with Crippen LogP contribution in [0.2, 0.25) is 0 Å². The average Bonchev–Trinajstić information content (AvgIpc) is 3.11. The van der Waals surface area contributed by atoms with Gasteiger partial charge >= 0.3 is 5.63 Å². The fourth-order valence-electron chi connectivity index (χ4n) is 2.96. The van der Waals surface area contributed by atoms with Gasteiger partial charge in [0.25, 0.3) is 5.91 Å². The lowest BCUT2D eigenvalue weighted by Crippen LogP contribution is -2.29. The molecule has 0 radical (unpaired) electrons. The molecule has 0 saturated carbocycles. The van der Waals surface area contributed by atoms with Gasteiger partial charge < -0.3 is 14.3 Å². The van der Waals surface area contributed by atoms with E-state index in [1.807, 2.05) is 24.3 Å². The summed E-state index contributed by atoms with van der Waals surface area (Å²) in [6, 6.07) is 9.22. The van der Waals surface area contributed by atoms with E-state index in [1.54, 1.807) is 19.9 Å². The molecular weight excluding hydrogens is 370 g/mol. The number of aryl methyl sites for hydroxylation is 3. The first kappa shape index (κ1) is 20.5. The molecule has 2 heterocycles. The molecule has 0 saturated heterocycles. The van der Waals surface area contributed by atoms with E-state index in [2.05, 4.69) is 29.3 Å². The first-order valence-electron chi connectivity index (χ1n) is 9.65. The number of amides is 1. The molecule has 0 aliphatic rings. The van der Waals surface area contributed by atoms with Gasteiger partial charge in [0, 0.05) is 25.5 Å². The molecule has 0 unspecified atom stereocenters. The summed E-state index contributed by atoms with van der Waals surface area (Å²) in [4.78, 5) is 29.0. The van der Waals surface area contributed by atoms with Gasteiger partial charge in [-0.3, -0.25) is 4.79 Å². The van der Waals surface area contributed by atoms with Gasteiger partial charge in [-0.1, -0.05) is 43.3 Å². The highest BCUT2D eigenvalue weighted by Gasteiger charge is 2.17. The van der Waals surface area contributed by atoms with Crippen LogP contribution < -0.4 is 10.9 Å². The number of carbonyl (C=O) groups excluding carboxylic acids is 1. The summed E-state index contributed by atoms with van der Waals surface area (Å²) in [6.45, 7) is 8.01. The Morgan fingerprint density at radius 2 is 1.90 bits per heavy atom. The predicted molar refractivity (Wildman–Crippen MR) is 109 cm³/mol. The number of benzene rings is 1. The molecule has 0 fully saturated rings. The smallest absolute Gasteiger partial charge is 0.349 e. The molecule has 0 spiro atoms. The molecule has 0 aliphatic carbocycles. The van der Waals surface area contributed by atoms with Gasteiger partial charge in [0.1, 0.15) is 11.3 Å². The van der Waals surface area contributed by atoms with Crippen molar-refractivity contribution in [2.45, 2.75) is 47.1 Å². The molecule has 1 amide bonds. The van der Waals surface area contributed by atoms with Crippen LogP contribution in [-0.2, 0) is 13.0 Å². The maximum atomic E-state index is 12.5. The minimum Gasteiger partial charge on any atom is -0.427 e. The summed E-state index contributed by atoms with van der Waals surface area (Å²) in [5.74, 6) is 1.71. The van der Waals surface area contributed by atoms with Crippen LogP contribution in [0.15, 0.2) is 44.1 Å². The molecule has 7 heteroatoms. The molecule has 3 aromatic rings. The van der Waals surface area contributed by atoms with Crippen molar-refractivity contribution in [3.05, 3.63) is 69.1 Å². The number of hydrogen-bond acceptors (Lipinski definition) is 6. The highest BCUT2D eigenvalue weighted by Crippen LogP contribution is 2.16. The van der Waals surface area contributed by atoms with Gasteiger partial charge in [-0.05, 0) is 36.5 Å². The molecule has 0 atom stereocenters. The van der Waals surface area contributed by atoms with Gasteiger partial charge in [-0.25, -0.2) is 4.79 Å². The second-order valence-electron chi connectivity index (χ2n) is 7.51. The lowest BCUT2D eigenvalue weighted by molar-refractivity contribution is 0.0945. The van der Waals surface area contributed by atoms with Crippen LogP contribution in [0, 0.1) is 19.8 Å². The van der Waals surface area contributed by atoms with E-state index in [-0.39, 0.29) is 5.56 Å². The lowest BCUT2D eigenvalue weighted by atomic mass is 10.0. The second-order valence-corrected chi connectivity index (χ2v) is 7.51. The third-order valence-electron chi connectivity index (χ3n) is 4.59. The fraction of sp³-hybridized carbons (Fsp3) is 0.364. The van der Waals surface area contributed by atoms with Crippen molar-refractivity contribution in [2.75, 3.05) is 0 Å². The summed E-state index contributed by atoms with van der Waals surface area (Å²) >= 11 is 0. The SMILES string of the molecule is Cc1nc(-c2ccc(CNC(=O)c3c(C)cc(CCC(C)C)oc3=O)cc2)no1. The summed E-state index contributed by atoms with van der Waals surface area (Å²) < 4.78 is 10.3. The zero-order valence-corrected chi connectivity index (χ0v) is 17.1. The van der Waals surface area contributed by atoms with Gasteiger partial charge in [-0.2, -0.15) is 4.98 Å². The molecule has 0 bridgehead atoms. The quantitative estimate of drug-likeness (QED) is 0.653. The van der Waals surface area contributed by atoms with Gasteiger partial charge in [-0.15, -0.1) is 0 Å². The minimum absolute atomic E-state index is 0.0530. The minimum atomic E-state index is -0.593. The number of carbonyl (C=O) groups is 1. The van der Waals surface area contributed by atoms with Crippen molar-refractivity contribution >= 4 is 5.91 Å². The third-order valence-corrected chi connectivity index (χ3v) is 4.59. The van der Waals surface area contributed by atoms with E-state index in [9.17, 15) is 9.59 Å². The maximum Gasteiger partial charge on any atom is 0.349 e. The van der Waals surface area contributed by atoms with E-state index in [1.165, 1.54) is 0 Å². The molecule has 2 aromatic heterocycles. The Morgan fingerprint density at radius 3 is 2.48 bits per heavy atom. The molecule has 3 rings (SSSR count). The number of nitrogens with zero attached hydrogens (tertiary/aromatic N) is 2. The van der Waals surface area contributed by atoms with Gasteiger partial charge in [0.2, 0.25) is 11.7 Å².